The number of para-hydroxylation sites is 1. The predicted octanol–water partition coefficient (Wildman–Crippen LogP) is 2.21. The van der Waals surface area contributed by atoms with Crippen LogP contribution in [0.3, 0.4) is 0 Å². The topological polar surface area (TPSA) is 55.0 Å². The molecule has 1 heterocycles. The van der Waals surface area contributed by atoms with Crippen molar-refractivity contribution in [2.45, 2.75) is 0 Å². The second kappa shape index (κ2) is 4.49. The molecule has 0 atom stereocenters. The van der Waals surface area contributed by atoms with Crippen molar-refractivity contribution in [2.75, 3.05) is 7.11 Å². The number of benzene rings is 1. The summed E-state index contributed by atoms with van der Waals surface area (Å²) in [4.78, 5) is 11.2. The van der Waals surface area contributed by atoms with Gasteiger partial charge < -0.3 is 4.74 Å². The molecule has 16 heavy (non-hydrogen) atoms. The van der Waals surface area contributed by atoms with Gasteiger partial charge in [-0.15, -0.1) is 0 Å². The fourth-order valence-electron chi connectivity index (χ4n) is 1.38. The Hall–Kier alpha value is -1.62. The molecule has 1 aromatic carbocycles. The summed E-state index contributed by atoms with van der Waals surface area (Å²) in [5, 5.41) is 6.38. The fourth-order valence-corrected chi connectivity index (χ4v) is 1.68. The number of hydrogen-bond acceptors (Lipinski definition) is 3. The molecule has 0 aliphatic heterocycles. The average Bonchev–Trinajstić information content (AvgIpc) is 2.32. The van der Waals surface area contributed by atoms with Gasteiger partial charge in [-0.05, 0) is 34.1 Å². The maximum atomic E-state index is 11.2. The zero-order valence-corrected chi connectivity index (χ0v) is 10.1. The standard InChI is InChI=1S/C11H9BrN2O2/c1-16-10-5-3-2-4-7(10)9-6-8(12)11(15)14-13-9/h2-6H,1H3,(H,14,15). The first kappa shape index (κ1) is 10.9. The molecule has 0 spiro atoms. The lowest BCUT2D eigenvalue weighted by Gasteiger charge is -2.06. The van der Waals surface area contributed by atoms with Crippen molar-refractivity contribution >= 4 is 15.9 Å². The molecular weight excluding hydrogens is 272 g/mol. The minimum Gasteiger partial charge on any atom is -0.496 e. The zero-order chi connectivity index (χ0) is 11.5. The number of rotatable bonds is 2. The van der Waals surface area contributed by atoms with Crippen LogP contribution in [-0.4, -0.2) is 17.3 Å². The number of nitrogens with one attached hydrogen (secondary N) is 1. The third kappa shape index (κ3) is 1.99. The van der Waals surface area contributed by atoms with Gasteiger partial charge >= 0.3 is 0 Å². The van der Waals surface area contributed by atoms with Crippen molar-refractivity contribution < 1.29 is 4.74 Å². The molecule has 5 heteroatoms. The SMILES string of the molecule is COc1ccccc1-c1cc(Br)c(=O)[nH]n1. The van der Waals surface area contributed by atoms with E-state index in [1.165, 1.54) is 0 Å². The zero-order valence-electron chi connectivity index (χ0n) is 8.53. The van der Waals surface area contributed by atoms with E-state index >= 15 is 0 Å². The highest BCUT2D eigenvalue weighted by atomic mass is 79.9. The van der Waals surface area contributed by atoms with Crippen LogP contribution in [-0.2, 0) is 0 Å². The summed E-state index contributed by atoms with van der Waals surface area (Å²) in [5.74, 6) is 0.717. The number of halogens is 1. The van der Waals surface area contributed by atoms with Crippen LogP contribution in [0.4, 0.5) is 0 Å². The van der Waals surface area contributed by atoms with Gasteiger partial charge in [0.05, 0.1) is 17.3 Å². The van der Waals surface area contributed by atoms with Crippen molar-refractivity contribution in [1.29, 1.82) is 0 Å². The minimum absolute atomic E-state index is 0.251. The summed E-state index contributed by atoms with van der Waals surface area (Å²) >= 11 is 3.17. The molecule has 0 unspecified atom stereocenters. The van der Waals surface area contributed by atoms with Gasteiger partial charge in [-0.25, -0.2) is 5.10 Å². The fraction of sp³-hybridized carbons (Fsp3) is 0.0909. The Labute approximate surface area is 100 Å². The van der Waals surface area contributed by atoms with Crippen molar-refractivity contribution in [1.82, 2.24) is 10.2 Å². The van der Waals surface area contributed by atoms with Crippen LogP contribution in [0.2, 0.25) is 0 Å². The van der Waals surface area contributed by atoms with Gasteiger partial charge in [0.15, 0.2) is 0 Å². The van der Waals surface area contributed by atoms with Gasteiger partial charge in [-0.1, -0.05) is 12.1 Å². The number of aromatic amines is 1. The van der Waals surface area contributed by atoms with Crippen molar-refractivity contribution in [3.8, 4) is 17.0 Å². The molecule has 0 amide bonds. The van der Waals surface area contributed by atoms with E-state index in [4.69, 9.17) is 4.74 Å². The van der Waals surface area contributed by atoms with Gasteiger partial charge in [-0.2, -0.15) is 5.10 Å². The second-order valence-corrected chi connectivity index (χ2v) is 3.98. The monoisotopic (exact) mass is 280 g/mol. The number of nitrogens with zero attached hydrogens (tertiary/aromatic N) is 1. The van der Waals surface area contributed by atoms with Crippen LogP contribution in [0.25, 0.3) is 11.3 Å². The van der Waals surface area contributed by atoms with Crippen LogP contribution >= 0.6 is 15.9 Å². The van der Waals surface area contributed by atoms with E-state index in [-0.39, 0.29) is 5.56 Å². The van der Waals surface area contributed by atoms with Crippen molar-refractivity contribution in [3.63, 3.8) is 0 Å². The Morgan fingerprint density at radius 2 is 2.12 bits per heavy atom. The molecule has 1 N–H and O–H groups in total. The highest BCUT2D eigenvalue weighted by molar-refractivity contribution is 9.10. The molecule has 4 nitrogen and oxygen atoms in total. The molecule has 0 radical (unpaired) electrons. The molecule has 0 saturated carbocycles. The quantitative estimate of drug-likeness (QED) is 0.918. The van der Waals surface area contributed by atoms with E-state index in [0.717, 1.165) is 5.56 Å². The molecular formula is C11H9BrN2O2. The van der Waals surface area contributed by atoms with Crippen LogP contribution in [0.15, 0.2) is 39.6 Å². The van der Waals surface area contributed by atoms with E-state index in [0.29, 0.717) is 15.9 Å². The third-order valence-corrected chi connectivity index (χ3v) is 2.73. The largest absolute Gasteiger partial charge is 0.496 e. The van der Waals surface area contributed by atoms with Gasteiger partial charge in [0, 0.05) is 5.56 Å². The number of ether oxygens (including phenoxy) is 1. The summed E-state index contributed by atoms with van der Waals surface area (Å²) in [6.45, 7) is 0. The van der Waals surface area contributed by atoms with Crippen LogP contribution in [0.5, 0.6) is 5.75 Å². The third-order valence-electron chi connectivity index (χ3n) is 2.14. The Morgan fingerprint density at radius 1 is 1.38 bits per heavy atom. The Balaban J connectivity index is 2.58. The summed E-state index contributed by atoms with van der Waals surface area (Å²) in [5.41, 5.74) is 1.24. The molecule has 0 saturated heterocycles. The molecule has 1 aromatic heterocycles. The van der Waals surface area contributed by atoms with Gasteiger partial charge in [-0.3, -0.25) is 4.79 Å². The smallest absolute Gasteiger partial charge is 0.278 e. The van der Waals surface area contributed by atoms with Gasteiger partial charge in [0.2, 0.25) is 0 Å². The van der Waals surface area contributed by atoms with E-state index < -0.39 is 0 Å². The Bertz CT molecular complexity index is 566. The number of aromatic nitrogens is 2. The highest BCUT2D eigenvalue weighted by Crippen LogP contribution is 2.27. The van der Waals surface area contributed by atoms with E-state index in [1.54, 1.807) is 13.2 Å². The first-order valence-electron chi connectivity index (χ1n) is 4.61. The summed E-state index contributed by atoms with van der Waals surface area (Å²) in [6, 6.07) is 9.15. The summed E-state index contributed by atoms with van der Waals surface area (Å²) in [7, 11) is 1.60. The first-order valence-corrected chi connectivity index (χ1v) is 5.40. The summed E-state index contributed by atoms with van der Waals surface area (Å²) in [6.07, 6.45) is 0. The minimum atomic E-state index is -0.251. The first-order chi connectivity index (χ1) is 7.72. The van der Waals surface area contributed by atoms with Crippen molar-refractivity contribution in [2.24, 2.45) is 0 Å². The van der Waals surface area contributed by atoms with E-state index in [1.807, 2.05) is 24.3 Å². The van der Waals surface area contributed by atoms with Crippen LogP contribution < -0.4 is 10.3 Å². The normalized spacial score (nSPS) is 10.1. The molecule has 0 bridgehead atoms. The lowest BCUT2D eigenvalue weighted by Crippen LogP contribution is -2.08. The molecule has 2 rings (SSSR count). The predicted molar refractivity (Wildman–Crippen MR) is 64.5 cm³/mol. The number of H-pyrrole nitrogens is 1. The Morgan fingerprint density at radius 3 is 2.81 bits per heavy atom. The molecule has 2 aromatic rings. The van der Waals surface area contributed by atoms with Crippen molar-refractivity contribution in [3.05, 3.63) is 45.2 Å². The highest BCUT2D eigenvalue weighted by Gasteiger charge is 2.07. The van der Waals surface area contributed by atoms with Gasteiger partial charge in [0.1, 0.15) is 5.75 Å². The molecule has 0 aliphatic rings. The van der Waals surface area contributed by atoms with Crippen LogP contribution in [0.1, 0.15) is 0 Å². The lowest BCUT2D eigenvalue weighted by molar-refractivity contribution is 0.416. The van der Waals surface area contributed by atoms with Crippen LogP contribution in [0, 0.1) is 0 Å². The number of methoxy groups -OCH3 is 1. The van der Waals surface area contributed by atoms with Gasteiger partial charge in [0.25, 0.3) is 5.56 Å². The summed E-state index contributed by atoms with van der Waals surface area (Å²) < 4.78 is 5.67. The molecule has 82 valence electrons. The maximum Gasteiger partial charge on any atom is 0.278 e. The lowest BCUT2D eigenvalue weighted by atomic mass is 10.1. The molecule has 0 aliphatic carbocycles. The second-order valence-electron chi connectivity index (χ2n) is 3.13. The Kier molecular flexibility index (Phi) is 3.05. The average molecular weight is 281 g/mol. The maximum absolute atomic E-state index is 11.2. The molecule has 0 fully saturated rings. The van der Waals surface area contributed by atoms with E-state index in [9.17, 15) is 4.79 Å². The van der Waals surface area contributed by atoms with E-state index in [2.05, 4.69) is 26.1 Å². The number of hydrogen-bond donors (Lipinski definition) is 1.